The third-order valence-electron chi connectivity index (χ3n) is 7.66. The Morgan fingerprint density at radius 3 is 2.45 bits per heavy atom. The minimum atomic E-state index is -4.58. The zero-order chi connectivity index (χ0) is 30.8. The molecule has 0 radical (unpaired) electrons. The van der Waals surface area contributed by atoms with E-state index in [0.717, 1.165) is 35.7 Å². The van der Waals surface area contributed by atoms with Crippen molar-refractivity contribution >= 4 is 17.4 Å². The average Bonchev–Trinajstić information content (AvgIpc) is 3.89. The minimum absolute atomic E-state index is 0.0412. The number of ether oxygens (including phenoxy) is 1. The molecule has 1 saturated carbocycles. The Hall–Kier alpha value is -4.94. The number of benzene rings is 1. The van der Waals surface area contributed by atoms with E-state index >= 15 is 0 Å². The Balaban J connectivity index is 1.23. The molecule has 1 fully saturated rings. The Morgan fingerprint density at radius 2 is 1.80 bits per heavy atom. The molecule has 226 valence electrons. The van der Waals surface area contributed by atoms with Crippen LogP contribution in [0.4, 0.5) is 19.1 Å². The van der Waals surface area contributed by atoms with E-state index in [1.54, 1.807) is 24.1 Å². The standard InChI is InChI=1S/C31H29F3N8O2/c1-18(43)42-13-11-20(12-14-42)23-9-10-24(31(32,33)34)40-26(23)21-5-3-19(4-6-21)15-35-30-39-17-37-28(41-30)25-27(22-7-8-22)36-16-38-29(25)44-2/h3-6,9-11,16-17,22H,7-8,12-15H2,1-2H3,(H,35,37,39,41). The van der Waals surface area contributed by atoms with Gasteiger partial charge in [-0.15, -0.1) is 0 Å². The van der Waals surface area contributed by atoms with Gasteiger partial charge in [0.15, 0.2) is 5.82 Å². The van der Waals surface area contributed by atoms with Crippen LogP contribution >= 0.6 is 0 Å². The van der Waals surface area contributed by atoms with Crippen LogP contribution < -0.4 is 10.1 Å². The van der Waals surface area contributed by atoms with Crippen LogP contribution in [0.3, 0.4) is 0 Å². The highest BCUT2D eigenvalue weighted by atomic mass is 19.4. The first-order valence-electron chi connectivity index (χ1n) is 14.2. The molecule has 4 aromatic rings. The Kier molecular flexibility index (Phi) is 7.93. The maximum Gasteiger partial charge on any atom is 0.433 e. The summed E-state index contributed by atoms with van der Waals surface area (Å²) >= 11 is 0. The van der Waals surface area contributed by atoms with Gasteiger partial charge in [-0.25, -0.2) is 24.9 Å². The predicted molar refractivity (Wildman–Crippen MR) is 156 cm³/mol. The number of carbonyl (C=O) groups excluding carboxylic acids is 1. The first kappa shape index (κ1) is 29.1. The predicted octanol–water partition coefficient (Wildman–Crippen LogP) is 5.54. The second kappa shape index (κ2) is 12.0. The van der Waals surface area contributed by atoms with Gasteiger partial charge in [0, 0.05) is 43.6 Å². The number of hydrogen-bond acceptors (Lipinski definition) is 9. The van der Waals surface area contributed by atoms with E-state index in [4.69, 9.17) is 4.74 Å². The zero-order valence-corrected chi connectivity index (χ0v) is 24.1. The van der Waals surface area contributed by atoms with Crippen molar-refractivity contribution in [1.29, 1.82) is 0 Å². The number of hydrogen-bond donors (Lipinski definition) is 1. The van der Waals surface area contributed by atoms with Crippen LogP contribution in [0.5, 0.6) is 5.88 Å². The molecule has 0 bridgehead atoms. The number of methoxy groups -OCH3 is 1. The molecule has 1 amide bonds. The van der Waals surface area contributed by atoms with Crippen molar-refractivity contribution in [3.8, 4) is 28.5 Å². The summed E-state index contributed by atoms with van der Waals surface area (Å²) in [4.78, 5) is 39.3. The maximum absolute atomic E-state index is 13.6. The van der Waals surface area contributed by atoms with Gasteiger partial charge in [-0.1, -0.05) is 36.4 Å². The van der Waals surface area contributed by atoms with E-state index in [0.29, 0.717) is 66.3 Å². The summed E-state index contributed by atoms with van der Waals surface area (Å²) in [5, 5.41) is 3.19. The summed E-state index contributed by atoms with van der Waals surface area (Å²) in [6.45, 7) is 2.76. The lowest BCUT2D eigenvalue weighted by Gasteiger charge is -2.26. The van der Waals surface area contributed by atoms with Crippen molar-refractivity contribution in [3.05, 3.63) is 77.6 Å². The highest BCUT2D eigenvalue weighted by Crippen LogP contribution is 2.44. The van der Waals surface area contributed by atoms with E-state index < -0.39 is 11.9 Å². The van der Waals surface area contributed by atoms with E-state index in [-0.39, 0.29) is 11.6 Å². The van der Waals surface area contributed by atoms with Gasteiger partial charge in [-0.05, 0) is 36.5 Å². The molecule has 13 heteroatoms. The van der Waals surface area contributed by atoms with Gasteiger partial charge in [0.1, 0.15) is 23.9 Å². The number of anilines is 1. The summed E-state index contributed by atoms with van der Waals surface area (Å²) < 4.78 is 46.3. The van der Waals surface area contributed by atoms with Crippen molar-refractivity contribution in [2.75, 3.05) is 25.5 Å². The SMILES string of the molecule is COc1ncnc(C2CC2)c1-c1ncnc(NCc2ccc(-c3nc(C(F)(F)F)ccc3C3=CCN(C(C)=O)CC3)cc2)n1. The monoisotopic (exact) mass is 602 g/mol. The summed E-state index contributed by atoms with van der Waals surface area (Å²) in [6, 6.07) is 9.62. The maximum atomic E-state index is 13.6. The Labute approximate surface area is 251 Å². The fourth-order valence-corrected chi connectivity index (χ4v) is 5.17. The van der Waals surface area contributed by atoms with E-state index in [9.17, 15) is 18.0 Å². The van der Waals surface area contributed by atoms with Crippen LogP contribution in [0.15, 0.2) is 55.1 Å². The minimum Gasteiger partial charge on any atom is -0.480 e. The fraction of sp³-hybridized carbons (Fsp3) is 0.323. The Morgan fingerprint density at radius 1 is 1.02 bits per heavy atom. The number of nitrogens with one attached hydrogen (secondary N) is 1. The molecule has 1 aliphatic carbocycles. The van der Waals surface area contributed by atoms with Crippen LogP contribution in [0.2, 0.25) is 0 Å². The van der Waals surface area contributed by atoms with Gasteiger partial charge >= 0.3 is 6.18 Å². The summed E-state index contributed by atoms with van der Waals surface area (Å²) in [7, 11) is 1.54. The van der Waals surface area contributed by atoms with Gasteiger partial charge in [-0.3, -0.25) is 4.79 Å². The quantitative estimate of drug-likeness (QED) is 0.277. The summed E-state index contributed by atoms with van der Waals surface area (Å²) in [6.07, 6.45) is 2.78. The molecule has 2 aliphatic rings. The summed E-state index contributed by atoms with van der Waals surface area (Å²) in [5.74, 6) is 1.43. The second-order valence-electron chi connectivity index (χ2n) is 10.6. The molecule has 1 aromatic carbocycles. The molecule has 0 saturated heterocycles. The van der Waals surface area contributed by atoms with Crippen LogP contribution in [0.25, 0.3) is 28.2 Å². The van der Waals surface area contributed by atoms with Gasteiger partial charge in [0.25, 0.3) is 0 Å². The lowest BCUT2D eigenvalue weighted by atomic mass is 9.94. The van der Waals surface area contributed by atoms with Crippen LogP contribution in [0, 0.1) is 0 Å². The number of alkyl halides is 3. The van der Waals surface area contributed by atoms with E-state index in [1.165, 1.54) is 25.6 Å². The fourth-order valence-electron chi connectivity index (χ4n) is 5.17. The first-order chi connectivity index (χ1) is 21.2. The van der Waals surface area contributed by atoms with Gasteiger partial charge in [-0.2, -0.15) is 18.2 Å². The van der Waals surface area contributed by atoms with E-state index in [1.807, 2.05) is 18.2 Å². The van der Waals surface area contributed by atoms with Crippen molar-refractivity contribution in [2.45, 2.75) is 44.8 Å². The topological polar surface area (TPSA) is 119 Å². The molecule has 0 spiro atoms. The lowest BCUT2D eigenvalue weighted by molar-refractivity contribution is -0.141. The van der Waals surface area contributed by atoms with Crippen molar-refractivity contribution in [1.82, 2.24) is 34.8 Å². The number of pyridine rings is 1. The molecule has 6 rings (SSSR count). The van der Waals surface area contributed by atoms with E-state index in [2.05, 4.69) is 35.2 Å². The molecule has 44 heavy (non-hydrogen) atoms. The molecule has 4 heterocycles. The van der Waals surface area contributed by atoms with Crippen molar-refractivity contribution < 1.29 is 22.7 Å². The first-order valence-corrected chi connectivity index (χ1v) is 14.2. The number of nitrogens with zero attached hydrogens (tertiary/aromatic N) is 7. The zero-order valence-electron chi connectivity index (χ0n) is 24.1. The van der Waals surface area contributed by atoms with Gasteiger partial charge in [0.2, 0.25) is 17.7 Å². The van der Waals surface area contributed by atoms with Gasteiger partial charge in [0.05, 0.1) is 18.5 Å². The van der Waals surface area contributed by atoms with Crippen LogP contribution in [-0.2, 0) is 17.5 Å². The molecule has 1 N–H and O–H groups in total. The third-order valence-corrected chi connectivity index (χ3v) is 7.66. The largest absolute Gasteiger partial charge is 0.480 e. The molecule has 0 unspecified atom stereocenters. The van der Waals surface area contributed by atoms with Gasteiger partial charge < -0.3 is 15.0 Å². The molecule has 1 aliphatic heterocycles. The third kappa shape index (κ3) is 6.21. The highest BCUT2D eigenvalue weighted by Gasteiger charge is 2.34. The molecular weight excluding hydrogens is 573 g/mol. The number of carbonyl (C=O) groups is 1. The normalized spacial score (nSPS) is 15.1. The number of rotatable bonds is 8. The van der Waals surface area contributed by atoms with Crippen molar-refractivity contribution in [3.63, 3.8) is 0 Å². The van der Waals surface area contributed by atoms with Crippen molar-refractivity contribution in [2.24, 2.45) is 0 Å². The van der Waals surface area contributed by atoms with Crippen LogP contribution in [-0.4, -0.2) is 60.9 Å². The number of amides is 1. The summed E-state index contributed by atoms with van der Waals surface area (Å²) in [5.41, 5.74) is 3.69. The average molecular weight is 603 g/mol. The Bertz CT molecular complexity index is 1720. The lowest BCUT2D eigenvalue weighted by Crippen LogP contribution is -2.32. The number of halogens is 3. The second-order valence-corrected chi connectivity index (χ2v) is 10.6. The molecule has 3 aromatic heterocycles. The van der Waals surface area contributed by atoms with Crippen LogP contribution in [0.1, 0.15) is 54.6 Å². The molecule has 0 atom stereocenters. The molecular formula is C31H29F3N8O2. The smallest absolute Gasteiger partial charge is 0.433 e. The highest BCUT2D eigenvalue weighted by molar-refractivity contribution is 5.81. The molecule has 10 nitrogen and oxygen atoms in total. The number of aromatic nitrogens is 6.